The standard InChI is InChI=1S/C20H28F3NO4/c1-3-4-5-6-7-8-9-16(19(27)28-2)24-18(26)17(25)14-10-12-15(13-11-14)20(21,22)23/h10-13,16-17,25H,3-9H2,1-2H3,(H,24,26)/t16-,17-/m0/s1. The van der Waals surface area contributed by atoms with Gasteiger partial charge in [-0.3, -0.25) is 4.79 Å². The second kappa shape index (κ2) is 11.7. The van der Waals surface area contributed by atoms with Crippen LogP contribution in [0.3, 0.4) is 0 Å². The average molecular weight is 403 g/mol. The molecule has 2 atom stereocenters. The maximum Gasteiger partial charge on any atom is 0.416 e. The van der Waals surface area contributed by atoms with Gasteiger partial charge in [-0.25, -0.2) is 4.79 Å². The van der Waals surface area contributed by atoms with Crippen LogP contribution >= 0.6 is 0 Å². The Morgan fingerprint density at radius 3 is 2.18 bits per heavy atom. The summed E-state index contributed by atoms with van der Waals surface area (Å²) >= 11 is 0. The van der Waals surface area contributed by atoms with Gasteiger partial charge in [0.2, 0.25) is 0 Å². The molecule has 0 bridgehead atoms. The zero-order chi connectivity index (χ0) is 21.2. The molecule has 0 fully saturated rings. The number of esters is 1. The maximum absolute atomic E-state index is 12.6. The average Bonchev–Trinajstić information content (AvgIpc) is 2.67. The van der Waals surface area contributed by atoms with Crippen LogP contribution in [0.5, 0.6) is 0 Å². The largest absolute Gasteiger partial charge is 0.467 e. The van der Waals surface area contributed by atoms with Gasteiger partial charge in [-0.15, -0.1) is 0 Å². The van der Waals surface area contributed by atoms with Gasteiger partial charge in [-0.1, -0.05) is 57.6 Å². The van der Waals surface area contributed by atoms with Crippen molar-refractivity contribution in [2.45, 2.75) is 70.2 Å². The summed E-state index contributed by atoms with van der Waals surface area (Å²) in [5, 5.41) is 12.5. The number of ether oxygens (including phenoxy) is 1. The zero-order valence-corrected chi connectivity index (χ0v) is 16.2. The monoisotopic (exact) mass is 403 g/mol. The lowest BCUT2D eigenvalue weighted by atomic mass is 10.0. The number of alkyl halides is 3. The van der Waals surface area contributed by atoms with Gasteiger partial charge in [-0.05, 0) is 24.1 Å². The van der Waals surface area contributed by atoms with Crippen molar-refractivity contribution in [2.75, 3.05) is 7.11 Å². The molecule has 1 rings (SSSR count). The number of methoxy groups -OCH3 is 1. The van der Waals surface area contributed by atoms with E-state index in [9.17, 15) is 27.9 Å². The molecule has 0 aromatic heterocycles. The molecule has 0 saturated heterocycles. The highest BCUT2D eigenvalue weighted by molar-refractivity contribution is 5.87. The predicted molar refractivity (Wildman–Crippen MR) is 98.3 cm³/mol. The van der Waals surface area contributed by atoms with Crippen molar-refractivity contribution in [3.05, 3.63) is 35.4 Å². The summed E-state index contributed by atoms with van der Waals surface area (Å²) in [5.74, 6) is -1.48. The number of nitrogens with one attached hydrogen (secondary N) is 1. The van der Waals surface area contributed by atoms with Crippen molar-refractivity contribution in [2.24, 2.45) is 0 Å². The number of carbonyl (C=O) groups is 2. The topological polar surface area (TPSA) is 75.6 Å². The lowest BCUT2D eigenvalue weighted by Gasteiger charge is -2.19. The Bertz CT molecular complexity index is 617. The van der Waals surface area contributed by atoms with E-state index in [1.807, 2.05) is 0 Å². The summed E-state index contributed by atoms with van der Waals surface area (Å²) in [6.07, 6.45) is 0.217. The SMILES string of the molecule is CCCCCCCC[C@H](NC(=O)[C@@H](O)c1ccc(C(F)(F)F)cc1)C(=O)OC. The smallest absolute Gasteiger partial charge is 0.416 e. The first-order chi connectivity index (χ1) is 13.2. The Morgan fingerprint density at radius 1 is 1.07 bits per heavy atom. The number of unbranched alkanes of at least 4 members (excludes halogenated alkanes) is 5. The summed E-state index contributed by atoms with van der Waals surface area (Å²) in [7, 11) is 1.20. The third kappa shape index (κ3) is 7.88. The molecule has 0 unspecified atom stereocenters. The first kappa shape index (κ1) is 23.9. The highest BCUT2D eigenvalue weighted by Crippen LogP contribution is 2.30. The molecule has 158 valence electrons. The maximum atomic E-state index is 12.6. The van der Waals surface area contributed by atoms with Crippen LogP contribution in [0.1, 0.15) is 69.1 Å². The van der Waals surface area contributed by atoms with Crippen LogP contribution in [0, 0.1) is 0 Å². The van der Waals surface area contributed by atoms with Crippen LogP contribution in [0.2, 0.25) is 0 Å². The fourth-order valence-corrected chi connectivity index (χ4v) is 2.78. The number of aliphatic hydroxyl groups excluding tert-OH is 1. The number of halogens is 3. The van der Waals surface area contributed by atoms with Crippen LogP contribution < -0.4 is 5.32 Å². The van der Waals surface area contributed by atoms with E-state index in [0.29, 0.717) is 12.8 Å². The van der Waals surface area contributed by atoms with E-state index in [2.05, 4.69) is 17.0 Å². The lowest BCUT2D eigenvalue weighted by molar-refractivity contribution is -0.146. The Kier molecular flexibility index (Phi) is 9.99. The Hall–Kier alpha value is -2.09. The van der Waals surface area contributed by atoms with Gasteiger partial charge in [-0.2, -0.15) is 13.2 Å². The van der Waals surface area contributed by atoms with Crippen LogP contribution in [-0.2, 0) is 20.5 Å². The van der Waals surface area contributed by atoms with Crippen molar-refractivity contribution in [1.82, 2.24) is 5.32 Å². The van der Waals surface area contributed by atoms with Gasteiger partial charge in [0.05, 0.1) is 12.7 Å². The molecule has 0 aliphatic rings. The normalized spacial score (nSPS) is 13.6. The second-order valence-corrected chi connectivity index (χ2v) is 6.66. The number of aliphatic hydroxyl groups is 1. The van der Waals surface area contributed by atoms with Gasteiger partial charge in [0.15, 0.2) is 6.10 Å². The molecule has 0 saturated carbocycles. The minimum absolute atomic E-state index is 0.00804. The van der Waals surface area contributed by atoms with Crippen molar-refractivity contribution in [3.8, 4) is 0 Å². The molecule has 2 N–H and O–H groups in total. The van der Waals surface area contributed by atoms with Crippen molar-refractivity contribution in [1.29, 1.82) is 0 Å². The van der Waals surface area contributed by atoms with Crippen LogP contribution in [0.15, 0.2) is 24.3 Å². The van der Waals surface area contributed by atoms with E-state index in [1.165, 1.54) is 7.11 Å². The van der Waals surface area contributed by atoms with E-state index in [0.717, 1.165) is 56.4 Å². The quantitative estimate of drug-likeness (QED) is 0.430. The molecule has 0 aliphatic heterocycles. The van der Waals surface area contributed by atoms with E-state index in [1.54, 1.807) is 0 Å². The van der Waals surface area contributed by atoms with Crippen LogP contribution in [0.25, 0.3) is 0 Å². The number of hydrogen-bond donors (Lipinski definition) is 2. The molecule has 1 amide bonds. The summed E-state index contributed by atoms with van der Waals surface area (Å²) < 4.78 is 42.5. The van der Waals surface area contributed by atoms with Crippen LogP contribution in [0.4, 0.5) is 13.2 Å². The molecule has 1 aromatic rings. The zero-order valence-electron chi connectivity index (χ0n) is 16.2. The molecule has 0 radical (unpaired) electrons. The van der Waals surface area contributed by atoms with Crippen molar-refractivity contribution < 1.29 is 32.6 Å². The number of hydrogen-bond acceptors (Lipinski definition) is 4. The molecular formula is C20H28F3NO4. The third-order valence-electron chi connectivity index (χ3n) is 4.45. The Labute approximate surface area is 163 Å². The molecule has 28 heavy (non-hydrogen) atoms. The summed E-state index contributed by atoms with van der Waals surface area (Å²) in [6.45, 7) is 2.12. The number of rotatable bonds is 11. The summed E-state index contributed by atoms with van der Waals surface area (Å²) in [6, 6.07) is 2.75. The van der Waals surface area contributed by atoms with Gasteiger partial charge in [0, 0.05) is 0 Å². The summed E-state index contributed by atoms with van der Waals surface area (Å²) in [5.41, 5.74) is -0.868. The van der Waals surface area contributed by atoms with E-state index in [4.69, 9.17) is 0 Å². The molecule has 0 aliphatic carbocycles. The molecule has 8 heteroatoms. The van der Waals surface area contributed by atoms with Crippen molar-refractivity contribution >= 4 is 11.9 Å². The minimum Gasteiger partial charge on any atom is -0.467 e. The first-order valence-electron chi connectivity index (χ1n) is 9.44. The Balaban J connectivity index is 2.64. The highest BCUT2D eigenvalue weighted by atomic mass is 19.4. The highest BCUT2D eigenvalue weighted by Gasteiger charge is 2.31. The predicted octanol–water partition coefficient (Wildman–Crippen LogP) is 4.15. The number of amides is 1. The van der Waals surface area contributed by atoms with Crippen LogP contribution in [-0.4, -0.2) is 30.1 Å². The number of carbonyl (C=O) groups excluding carboxylic acids is 2. The lowest BCUT2D eigenvalue weighted by Crippen LogP contribution is -2.43. The Morgan fingerprint density at radius 2 is 1.64 bits per heavy atom. The van der Waals surface area contributed by atoms with E-state index >= 15 is 0 Å². The molecule has 5 nitrogen and oxygen atoms in total. The van der Waals surface area contributed by atoms with E-state index in [-0.39, 0.29) is 5.56 Å². The summed E-state index contributed by atoms with van der Waals surface area (Å²) in [4.78, 5) is 24.1. The van der Waals surface area contributed by atoms with Gasteiger partial charge < -0.3 is 15.2 Å². The second-order valence-electron chi connectivity index (χ2n) is 6.66. The van der Waals surface area contributed by atoms with Gasteiger partial charge in [0.1, 0.15) is 6.04 Å². The fourth-order valence-electron chi connectivity index (χ4n) is 2.78. The fraction of sp³-hybridized carbons (Fsp3) is 0.600. The van der Waals surface area contributed by atoms with Crippen molar-refractivity contribution in [3.63, 3.8) is 0 Å². The molecule has 0 spiro atoms. The molecule has 0 heterocycles. The third-order valence-corrected chi connectivity index (χ3v) is 4.45. The molecule has 1 aromatic carbocycles. The van der Waals surface area contributed by atoms with Gasteiger partial charge in [0.25, 0.3) is 5.91 Å². The van der Waals surface area contributed by atoms with Gasteiger partial charge >= 0.3 is 12.1 Å². The number of benzene rings is 1. The minimum atomic E-state index is -4.50. The molecular weight excluding hydrogens is 375 g/mol. The first-order valence-corrected chi connectivity index (χ1v) is 9.44. The van der Waals surface area contributed by atoms with E-state index < -0.39 is 35.8 Å².